The fourth-order valence-corrected chi connectivity index (χ4v) is 3.92. The van der Waals surface area contributed by atoms with Crippen LogP contribution in [0.3, 0.4) is 0 Å². The molecule has 3 aromatic rings. The molecule has 6 heteroatoms. The molecule has 0 bridgehead atoms. The summed E-state index contributed by atoms with van der Waals surface area (Å²) in [5.74, 6) is 1.32. The number of phenols is 1. The third-order valence-electron chi connectivity index (χ3n) is 4.99. The van der Waals surface area contributed by atoms with Crippen LogP contribution in [-0.2, 0) is 6.42 Å². The number of carbonyl (C=O) groups is 1. The van der Waals surface area contributed by atoms with Crippen LogP contribution in [-0.4, -0.2) is 36.1 Å². The summed E-state index contributed by atoms with van der Waals surface area (Å²) >= 11 is 6.09. The van der Waals surface area contributed by atoms with Gasteiger partial charge in [-0.25, -0.2) is 0 Å². The number of phenolic OH excluding ortho intramolecular Hbond substituents is 1. The van der Waals surface area contributed by atoms with Gasteiger partial charge < -0.3 is 19.2 Å². The Morgan fingerprint density at radius 2 is 2.19 bits per heavy atom. The Morgan fingerprint density at radius 3 is 2.96 bits per heavy atom. The molecule has 2 heterocycles. The fourth-order valence-electron chi connectivity index (χ4n) is 3.70. The molecule has 2 aromatic carbocycles. The van der Waals surface area contributed by atoms with E-state index in [9.17, 15) is 9.90 Å². The van der Waals surface area contributed by atoms with E-state index in [0.717, 1.165) is 23.8 Å². The Kier molecular flexibility index (Phi) is 4.70. The van der Waals surface area contributed by atoms with Gasteiger partial charge in [0.05, 0.1) is 7.11 Å². The zero-order valence-corrected chi connectivity index (χ0v) is 15.7. The molecule has 1 aliphatic rings. The number of fused-ring (bicyclic) bond motifs is 1. The van der Waals surface area contributed by atoms with Crippen molar-refractivity contribution in [2.45, 2.75) is 12.8 Å². The molecule has 1 fully saturated rings. The quantitative estimate of drug-likeness (QED) is 0.718. The molecule has 1 amide bonds. The predicted octanol–water partition coefficient (Wildman–Crippen LogP) is 4.51. The Balaban J connectivity index is 1.49. The maximum absolute atomic E-state index is 12.9. The topological polar surface area (TPSA) is 62.9 Å². The minimum Gasteiger partial charge on any atom is -0.508 e. The van der Waals surface area contributed by atoms with Gasteiger partial charge in [0.15, 0.2) is 17.1 Å². The van der Waals surface area contributed by atoms with Crippen LogP contribution >= 0.6 is 11.6 Å². The Hall–Kier alpha value is -2.66. The first-order valence-corrected chi connectivity index (χ1v) is 9.25. The fraction of sp³-hybridized carbons (Fsp3) is 0.286. The van der Waals surface area contributed by atoms with Crippen LogP contribution in [0.4, 0.5) is 0 Å². The van der Waals surface area contributed by atoms with Gasteiger partial charge in [0.2, 0.25) is 0 Å². The Bertz CT molecular complexity index is 997. The molecule has 0 aliphatic carbocycles. The summed E-state index contributed by atoms with van der Waals surface area (Å²) in [6.07, 6.45) is 1.76. The molecule has 0 radical (unpaired) electrons. The first kappa shape index (κ1) is 17.7. The highest BCUT2D eigenvalue weighted by atomic mass is 35.5. The van der Waals surface area contributed by atoms with Crippen LogP contribution in [0.15, 0.2) is 46.9 Å². The lowest BCUT2D eigenvalue weighted by Crippen LogP contribution is -2.28. The molecule has 4 rings (SSSR count). The van der Waals surface area contributed by atoms with Gasteiger partial charge in [0, 0.05) is 29.6 Å². The van der Waals surface area contributed by atoms with Crippen molar-refractivity contribution in [3.8, 4) is 11.5 Å². The SMILES string of the molecule is COc1cc(Cl)cc2cc(C(=O)N3CCC(Cc4cccc(O)c4)C3)oc12. The third-order valence-corrected chi connectivity index (χ3v) is 5.20. The van der Waals surface area contributed by atoms with E-state index in [1.54, 1.807) is 37.4 Å². The lowest BCUT2D eigenvalue weighted by atomic mass is 9.98. The monoisotopic (exact) mass is 385 g/mol. The summed E-state index contributed by atoms with van der Waals surface area (Å²) in [6.45, 7) is 1.36. The lowest BCUT2D eigenvalue weighted by Gasteiger charge is -2.15. The van der Waals surface area contributed by atoms with Crippen molar-refractivity contribution in [1.29, 1.82) is 0 Å². The molecular formula is C21H20ClNO4. The van der Waals surface area contributed by atoms with Crippen LogP contribution in [0.1, 0.15) is 22.5 Å². The van der Waals surface area contributed by atoms with E-state index in [0.29, 0.717) is 41.1 Å². The smallest absolute Gasteiger partial charge is 0.289 e. The van der Waals surface area contributed by atoms with Crippen molar-refractivity contribution in [3.05, 3.63) is 58.8 Å². The van der Waals surface area contributed by atoms with Gasteiger partial charge in [0.25, 0.3) is 5.91 Å². The number of furan rings is 1. The summed E-state index contributed by atoms with van der Waals surface area (Å²) in [7, 11) is 1.54. The normalized spacial score (nSPS) is 16.8. The molecule has 1 N–H and O–H groups in total. The molecule has 140 valence electrons. The third kappa shape index (κ3) is 3.60. The average Bonchev–Trinajstić information content (AvgIpc) is 3.27. The van der Waals surface area contributed by atoms with Crippen molar-refractivity contribution in [2.24, 2.45) is 5.92 Å². The number of rotatable bonds is 4. The van der Waals surface area contributed by atoms with Crippen LogP contribution < -0.4 is 4.74 Å². The molecule has 0 spiro atoms. The lowest BCUT2D eigenvalue weighted by molar-refractivity contribution is 0.0757. The molecule has 1 aliphatic heterocycles. The maximum atomic E-state index is 12.9. The number of amides is 1. The summed E-state index contributed by atoms with van der Waals surface area (Å²) in [5.41, 5.74) is 1.61. The summed E-state index contributed by atoms with van der Waals surface area (Å²) in [6, 6.07) is 12.4. The van der Waals surface area contributed by atoms with Crippen molar-refractivity contribution in [2.75, 3.05) is 20.2 Å². The van der Waals surface area contributed by atoms with E-state index >= 15 is 0 Å². The molecule has 0 saturated carbocycles. The number of nitrogens with zero attached hydrogens (tertiary/aromatic N) is 1. The standard InChI is InChI=1S/C21H20ClNO4/c1-26-18-11-16(22)9-15-10-19(27-20(15)18)21(25)23-6-5-14(12-23)7-13-3-2-4-17(24)8-13/h2-4,8-11,14,24H,5-7,12H2,1H3. The molecule has 27 heavy (non-hydrogen) atoms. The number of hydrogen-bond donors (Lipinski definition) is 1. The Labute approximate surface area is 162 Å². The molecule has 1 saturated heterocycles. The van der Waals surface area contributed by atoms with Crippen LogP contribution in [0.25, 0.3) is 11.0 Å². The van der Waals surface area contributed by atoms with E-state index in [2.05, 4.69) is 0 Å². The minimum absolute atomic E-state index is 0.122. The van der Waals surface area contributed by atoms with Crippen molar-refractivity contribution >= 4 is 28.5 Å². The average molecular weight is 386 g/mol. The molecule has 5 nitrogen and oxygen atoms in total. The number of likely N-dealkylation sites (tertiary alicyclic amines) is 1. The second-order valence-corrected chi connectivity index (χ2v) is 7.35. The molecule has 1 unspecified atom stereocenters. The number of ether oxygens (including phenoxy) is 1. The van der Waals surface area contributed by atoms with Gasteiger partial charge in [-0.2, -0.15) is 0 Å². The number of benzene rings is 2. The number of halogens is 1. The first-order valence-electron chi connectivity index (χ1n) is 8.88. The van der Waals surface area contributed by atoms with Crippen molar-refractivity contribution in [3.63, 3.8) is 0 Å². The molecular weight excluding hydrogens is 366 g/mol. The van der Waals surface area contributed by atoms with Gasteiger partial charge in [-0.15, -0.1) is 0 Å². The van der Waals surface area contributed by atoms with Crippen LogP contribution in [0.2, 0.25) is 5.02 Å². The van der Waals surface area contributed by atoms with E-state index < -0.39 is 0 Å². The van der Waals surface area contributed by atoms with E-state index in [-0.39, 0.29) is 11.7 Å². The highest BCUT2D eigenvalue weighted by molar-refractivity contribution is 6.31. The van der Waals surface area contributed by atoms with Crippen LogP contribution in [0.5, 0.6) is 11.5 Å². The summed E-state index contributed by atoms with van der Waals surface area (Å²) in [5, 5.41) is 10.9. The van der Waals surface area contributed by atoms with E-state index in [1.165, 1.54) is 0 Å². The summed E-state index contributed by atoms with van der Waals surface area (Å²) in [4.78, 5) is 14.7. The predicted molar refractivity (Wildman–Crippen MR) is 104 cm³/mol. The van der Waals surface area contributed by atoms with Crippen molar-refractivity contribution in [1.82, 2.24) is 4.90 Å². The highest BCUT2D eigenvalue weighted by Gasteiger charge is 2.29. The van der Waals surface area contributed by atoms with Gasteiger partial charge >= 0.3 is 0 Å². The van der Waals surface area contributed by atoms with Gasteiger partial charge in [-0.3, -0.25) is 4.79 Å². The molecule has 1 atom stereocenters. The minimum atomic E-state index is -0.122. The maximum Gasteiger partial charge on any atom is 0.289 e. The second kappa shape index (κ2) is 7.16. The zero-order chi connectivity index (χ0) is 19.0. The number of hydrogen-bond acceptors (Lipinski definition) is 4. The number of carbonyl (C=O) groups excluding carboxylic acids is 1. The van der Waals surface area contributed by atoms with E-state index in [4.69, 9.17) is 20.8 Å². The van der Waals surface area contributed by atoms with Gasteiger partial charge in [-0.05, 0) is 48.6 Å². The van der Waals surface area contributed by atoms with Gasteiger partial charge in [0.1, 0.15) is 5.75 Å². The zero-order valence-electron chi connectivity index (χ0n) is 14.9. The number of aromatic hydroxyl groups is 1. The Morgan fingerprint density at radius 1 is 1.33 bits per heavy atom. The summed E-state index contributed by atoms with van der Waals surface area (Å²) < 4.78 is 11.1. The van der Waals surface area contributed by atoms with Crippen LogP contribution in [0, 0.1) is 5.92 Å². The largest absolute Gasteiger partial charge is 0.508 e. The second-order valence-electron chi connectivity index (χ2n) is 6.92. The highest BCUT2D eigenvalue weighted by Crippen LogP contribution is 2.33. The van der Waals surface area contributed by atoms with Crippen molar-refractivity contribution < 1.29 is 19.1 Å². The van der Waals surface area contributed by atoms with Gasteiger partial charge in [-0.1, -0.05) is 23.7 Å². The van der Waals surface area contributed by atoms with E-state index in [1.807, 2.05) is 17.0 Å². The first-order chi connectivity index (χ1) is 13.0. The molecule has 1 aromatic heterocycles. The number of methoxy groups -OCH3 is 1.